The Hall–Kier alpha value is -2.51. The summed E-state index contributed by atoms with van der Waals surface area (Å²) in [6.45, 7) is 0.898. The monoisotopic (exact) mass is 325 g/mol. The number of rotatable bonds is 3. The number of halogens is 3. The van der Waals surface area contributed by atoms with Crippen LogP contribution >= 0.6 is 0 Å². The smallest absolute Gasteiger partial charge is 0.416 e. The van der Waals surface area contributed by atoms with Crippen LogP contribution in [0.4, 0.5) is 24.7 Å². The van der Waals surface area contributed by atoms with Crippen molar-refractivity contribution in [3.05, 3.63) is 42.1 Å². The zero-order chi connectivity index (χ0) is 16.6. The summed E-state index contributed by atoms with van der Waals surface area (Å²) in [7, 11) is 0. The van der Waals surface area contributed by atoms with Crippen LogP contribution in [-0.4, -0.2) is 27.4 Å². The third-order valence-corrected chi connectivity index (χ3v) is 3.81. The summed E-state index contributed by atoms with van der Waals surface area (Å²) in [5.41, 5.74) is -0.135. The van der Waals surface area contributed by atoms with Gasteiger partial charge in [-0.15, -0.1) is 0 Å². The fraction of sp³-hybridized carbons (Fsp3) is 0.333. The molecule has 1 aromatic heterocycles. The highest BCUT2D eigenvalue weighted by Crippen LogP contribution is 2.34. The van der Waals surface area contributed by atoms with Crippen molar-refractivity contribution in [3.8, 4) is 0 Å². The fourth-order valence-corrected chi connectivity index (χ4v) is 2.79. The van der Waals surface area contributed by atoms with Gasteiger partial charge < -0.3 is 10.0 Å². The molecule has 5 nitrogen and oxygen atoms in total. The lowest BCUT2D eigenvalue weighted by Gasteiger charge is -2.34. The predicted octanol–water partition coefficient (Wildman–Crippen LogP) is 3.14. The molecule has 1 aliphatic heterocycles. The van der Waals surface area contributed by atoms with Crippen LogP contribution < -0.4 is 4.90 Å². The molecule has 8 heteroatoms. The minimum Gasteiger partial charge on any atom is -0.481 e. The Morgan fingerprint density at radius 3 is 2.52 bits per heavy atom. The van der Waals surface area contributed by atoms with Gasteiger partial charge in [-0.05, 0) is 24.3 Å². The van der Waals surface area contributed by atoms with E-state index in [0.717, 1.165) is 18.0 Å². The van der Waals surface area contributed by atoms with E-state index in [1.807, 2.05) is 0 Å². The zero-order valence-electron chi connectivity index (χ0n) is 12.0. The van der Waals surface area contributed by atoms with Gasteiger partial charge in [-0.3, -0.25) is 4.79 Å². The van der Waals surface area contributed by atoms with Gasteiger partial charge in [-0.1, -0.05) is 0 Å². The molecule has 3 rings (SSSR count). The number of hydrogen-bond donors (Lipinski definition) is 1. The van der Waals surface area contributed by atoms with Crippen LogP contribution in [0.25, 0.3) is 0 Å². The maximum atomic E-state index is 12.7. The van der Waals surface area contributed by atoms with E-state index in [0.29, 0.717) is 18.8 Å². The molecule has 1 aliphatic rings. The third-order valence-electron chi connectivity index (χ3n) is 3.81. The minimum absolute atomic E-state index is 0.0174. The number of aromatic nitrogens is 2. The Bertz CT molecular complexity index is 710. The number of hydrogen-bond acceptors (Lipinski definition) is 3. The van der Waals surface area contributed by atoms with Gasteiger partial charge in [0, 0.05) is 30.8 Å². The first-order valence-electron chi connectivity index (χ1n) is 7.03. The Kier molecular flexibility index (Phi) is 3.75. The number of anilines is 2. The van der Waals surface area contributed by atoms with E-state index in [1.165, 1.54) is 12.1 Å². The highest BCUT2D eigenvalue weighted by molar-refractivity contribution is 5.68. The molecule has 0 aliphatic carbocycles. The van der Waals surface area contributed by atoms with Crippen LogP contribution in [0.5, 0.6) is 0 Å². The summed E-state index contributed by atoms with van der Waals surface area (Å²) in [5, 5.41) is 13.1. The SMILES string of the molecule is O=C(O)CC1CN(c2ccc(C(F)(F)F)cc2)c2ccnn2C1. The van der Waals surface area contributed by atoms with Crippen LogP contribution in [0.15, 0.2) is 36.5 Å². The number of carboxylic acid groups (broad SMARTS) is 1. The second-order valence-corrected chi connectivity index (χ2v) is 5.49. The van der Waals surface area contributed by atoms with Gasteiger partial charge in [0.25, 0.3) is 0 Å². The number of benzene rings is 1. The molecule has 0 bridgehead atoms. The van der Waals surface area contributed by atoms with Crippen molar-refractivity contribution in [1.82, 2.24) is 9.78 Å². The number of alkyl halides is 3. The second-order valence-electron chi connectivity index (χ2n) is 5.49. The highest BCUT2D eigenvalue weighted by Gasteiger charge is 2.31. The molecule has 1 aromatic carbocycles. The van der Waals surface area contributed by atoms with Gasteiger partial charge >= 0.3 is 12.1 Å². The summed E-state index contributed by atoms with van der Waals surface area (Å²) in [6, 6.07) is 6.59. The average molecular weight is 325 g/mol. The summed E-state index contributed by atoms with van der Waals surface area (Å²) >= 11 is 0. The molecule has 0 saturated heterocycles. The molecular weight excluding hydrogens is 311 g/mol. The molecule has 1 unspecified atom stereocenters. The van der Waals surface area contributed by atoms with Gasteiger partial charge in [-0.25, -0.2) is 4.68 Å². The predicted molar refractivity (Wildman–Crippen MR) is 76.4 cm³/mol. The maximum Gasteiger partial charge on any atom is 0.416 e. The van der Waals surface area contributed by atoms with Crippen LogP contribution in [0.1, 0.15) is 12.0 Å². The van der Waals surface area contributed by atoms with Crippen molar-refractivity contribution < 1.29 is 23.1 Å². The van der Waals surface area contributed by atoms with E-state index >= 15 is 0 Å². The second kappa shape index (κ2) is 5.60. The molecule has 0 fully saturated rings. The first-order valence-corrected chi connectivity index (χ1v) is 7.03. The van der Waals surface area contributed by atoms with E-state index in [-0.39, 0.29) is 12.3 Å². The molecule has 2 heterocycles. The molecular formula is C15H14F3N3O2. The molecule has 122 valence electrons. The average Bonchev–Trinajstić information content (AvgIpc) is 2.93. The molecule has 23 heavy (non-hydrogen) atoms. The number of carboxylic acids is 1. The third kappa shape index (κ3) is 3.15. The van der Waals surface area contributed by atoms with Crippen molar-refractivity contribution in [3.63, 3.8) is 0 Å². The van der Waals surface area contributed by atoms with Crippen molar-refractivity contribution >= 4 is 17.5 Å². The molecule has 0 spiro atoms. The Labute approximate surface area is 129 Å². The Morgan fingerprint density at radius 2 is 1.91 bits per heavy atom. The lowest BCUT2D eigenvalue weighted by molar-refractivity contribution is -0.138. The Balaban J connectivity index is 1.90. The minimum atomic E-state index is -4.38. The molecule has 0 saturated carbocycles. The van der Waals surface area contributed by atoms with Crippen LogP contribution in [-0.2, 0) is 17.5 Å². The lowest BCUT2D eigenvalue weighted by atomic mass is 10.0. The summed E-state index contributed by atoms with van der Waals surface area (Å²) < 4.78 is 39.7. The van der Waals surface area contributed by atoms with Crippen molar-refractivity contribution in [2.75, 3.05) is 11.4 Å². The van der Waals surface area contributed by atoms with E-state index in [2.05, 4.69) is 5.10 Å². The molecule has 1 N–H and O–H groups in total. The van der Waals surface area contributed by atoms with Crippen LogP contribution in [0.3, 0.4) is 0 Å². The van der Waals surface area contributed by atoms with E-state index in [4.69, 9.17) is 5.11 Å². The van der Waals surface area contributed by atoms with Gasteiger partial charge in [0.15, 0.2) is 0 Å². The van der Waals surface area contributed by atoms with E-state index in [9.17, 15) is 18.0 Å². The molecule has 0 amide bonds. The number of nitrogens with zero attached hydrogens (tertiary/aromatic N) is 3. The summed E-state index contributed by atoms with van der Waals surface area (Å²) in [6.07, 6.45) is -2.81. The number of carbonyl (C=O) groups is 1. The summed E-state index contributed by atoms with van der Waals surface area (Å²) in [4.78, 5) is 12.7. The first-order chi connectivity index (χ1) is 10.8. The largest absolute Gasteiger partial charge is 0.481 e. The molecule has 2 aromatic rings. The van der Waals surface area contributed by atoms with Gasteiger partial charge in [0.2, 0.25) is 0 Å². The van der Waals surface area contributed by atoms with E-state index < -0.39 is 17.7 Å². The van der Waals surface area contributed by atoms with E-state index in [1.54, 1.807) is 21.8 Å². The standard InChI is InChI=1S/C15H14F3N3O2/c16-15(17,18)11-1-3-12(4-2-11)20-8-10(7-14(22)23)9-21-13(20)5-6-19-21/h1-6,10H,7-9H2,(H,22,23). The van der Waals surface area contributed by atoms with Crippen molar-refractivity contribution in [1.29, 1.82) is 0 Å². The molecule has 0 radical (unpaired) electrons. The fourth-order valence-electron chi connectivity index (χ4n) is 2.79. The normalized spacial score (nSPS) is 17.9. The van der Waals surface area contributed by atoms with Gasteiger partial charge in [-0.2, -0.15) is 18.3 Å². The van der Waals surface area contributed by atoms with Crippen LogP contribution in [0.2, 0.25) is 0 Å². The van der Waals surface area contributed by atoms with Gasteiger partial charge in [0.05, 0.1) is 18.2 Å². The highest BCUT2D eigenvalue weighted by atomic mass is 19.4. The quantitative estimate of drug-likeness (QED) is 0.942. The van der Waals surface area contributed by atoms with Crippen LogP contribution in [0, 0.1) is 5.92 Å². The van der Waals surface area contributed by atoms with Crippen molar-refractivity contribution in [2.45, 2.75) is 19.1 Å². The molecule has 1 atom stereocenters. The summed E-state index contributed by atoms with van der Waals surface area (Å²) in [5.74, 6) is -0.327. The Morgan fingerprint density at radius 1 is 1.22 bits per heavy atom. The van der Waals surface area contributed by atoms with Crippen molar-refractivity contribution in [2.24, 2.45) is 5.92 Å². The topological polar surface area (TPSA) is 58.4 Å². The number of fused-ring (bicyclic) bond motifs is 1. The maximum absolute atomic E-state index is 12.7. The number of aliphatic carboxylic acids is 1. The van der Waals surface area contributed by atoms with Gasteiger partial charge in [0.1, 0.15) is 5.82 Å². The lowest BCUT2D eigenvalue weighted by Crippen LogP contribution is -2.36. The zero-order valence-corrected chi connectivity index (χ0v) is 12.0. The first kappa shape index (κ1) is 15.4.